The molecule has 0 bridgehead atoms. The number of aliphatic hydroxyl groups excluding tert-OH is 1. The van der Waals surface area contributed by atoms with Gasteiger partial charge in [-0.25, -0.2) is 0 Å². The largest absolute Gasteiger partial charge is 0.393 e. The first kappa shape index (κ1) is 22.2. The number of hydrogen-bond acceptors (Lipinski definition) is 2. The van der Waals surface area contributed by atoms with Gasteiger partial charge in [0.05, 0.1) is 6.10 Å². The Balaban J connectivity index is 1.58. The molecule has 4 fully saturated rings. The van der Waals surface area contributed by atoms with Gasteiger partial charge in [0.15, 0.2) is 0 Å². The van der Waals surface area contributed by atoms with Crippen molar-refractivity contribution in [2.24, 2.45) is 50.7 Å². The summed E-state index contributed by atoms with van der Waals surface area (Å²) in [5.41, 5.74) is 2.76. The third-order valence-corrected chi connectivity index (χ3v) is 12.5. The first-order chi connectivity index (χ1) is 14.4. The number of carbonyl (C=O) groups excluding carboxylic acids is 1. The van der Waals surface area contributed by atoms with Gasteiger partial charge in [-0.15, -0.1) is 0 Å². The summed E-state index contributed by atoms with van der Waals surface area (Å²) in [6, 6.07) is 0. The number of aldehydes is 1. The van der Waals surface area contributed by atoms with Crippen LogP contribution >= 0.6 is 0 Å². The highest BCUT2D eigenvalue weighted by Gasteiger charge is 2.67. The zero-order valence-electron chi connectivity index (χ0n) is 21.0. The summed E-state index contributed by atoms with van der Waals surface area (Å²) in [6.45, 7) is 14.9. The summed E-state index contributed by atoms with van der Waals surface area (Å²) >= 11 is 0. The van der Waals surface area contributed by atoms with Crippen LogP contribution in [0.2, 0.25) is 0 Å². The van der Waals surface area contributed by atoms with Gasteiger partial charge in [-0.05, 0) is 110 Å². The normalized spacial score (nSPS) is 55.7. The lowest BCUT2D eigenvalue weighted by Gasteiger charge is -2.70. The maximum absolute atomic E-state index is 12.5. The van der Waals surface area contributed by atoms with Crippen LogP contribution in [-0.4, -0.2) is 17.5 Å². The Hall–Kier alpha value is -0.630. The molecule has 2 heteroatoms. The fourth-order valence-corrected chi connectivity index (χ4v) is 10.1. The van der Waals surface area contributed by atoms with Gasteiger partial charge in [-0.1, -0.05) is 53.2 Å². The van der Waals surface area contributed by atoms with Crippen LogP contribution in [0.15, 0.2) is 11.6 Å². The number of fused-ring (bicyclic) bond motifs is 7. The maximum Gasteiger partial charge on any atom is 0.126 e. The van der Waals surface area contributed by atoms with Crippen LogP contribution in [0.25, 0.3) is 0 Å². The minimum absolute atomic E-state index is 0.103. The third kappa shape index (κ3) is 2.75. The van der Waals surface area contributed by atoms with Gasteiger partial charge in [0.25, 0.3) is 0 Å². The zero-order chi connectivity index (χ0) is 22.4. The minimum atomic E-state index is -0.111. The average Bonchev–Trinajstić information content (AvgIpc) is 2.71. The molecular weight excluding hydrogens is 380 g/mol. The van der Waals surface area contributed by atoms with E-state index < -0.39 is 0 Å². The number of aliphatic hydroxyl groups is 1. The molecule has 0 saturated heterocycles. The molecule has 0 radical (unpaired) electrons. The number of hydrogen-bond donors (Lipinski definition) is 1. The summed E-state index contributed by atoms with van der Waals surface area (Å²) in [7, 11) is 0. The van der Waals surface area contributed by atoms with E-state index in [1.807, 2.05) is 0 Å². The Kier molecular flexibility index (Phi) is 4.80. The molecule has 1 N–H and O–H groups in total. The molecular formula is C29H46O2. The smallest absolute Gasteiger partial charge is 0.126 e. The van der Waals surface area contributed by atoms with Crippen molar-refractivity contribution in [3.05, 3.63) is 11.6 Å². The number of allylic oxidation sites excluding steroid dienone is 2. The first-order valence-corrected chi connectivity index (χ1v) is 13.3. The Morgan fingerprint density at radius 2 is 1.68 bits per heavy atom. The molecule has 0 aliphatic heterocycles. The summed E-state index contributed by atoms with van der Waals surface area (Å²) < 4.78 is 0. The Labute approximate surface area is 190 Å². The Morgan fingerprint density at radius 3 is 2.39 bits per heavy atom. The molecule has 31 heavy (non-hydrogen) atoms. The number of rotatable bonds is 1. The lowest BCUT2D eigenvalue weighted by atomic mass is 9.34. The van der Waals surface area contributed by atoms with Crippen LogP contribution in [0.3, 0.4) is 0 Å². The molecule has 0 heterocycles. The molecule has 0 spiro atoms. The van der Waals surface area contributed by atoms with E-state index in [9.17, 15) is 9.90 Å². The maximum atomic E-state index is 12.5. The van der Waals surface area contributed by atoms with Crippen molar-refractivity contribution in [2.45, 2.75) is 112 Å². The van der Waals surface area contributed by atoms with Gasteiger partial charge in [0, 0.05) is 5.41 Å². The average molecular weight is 427 g/mol. The second-order valence-corrected chi connectivity index (χ2v) is 14.1. The van der Waals surface area contributed by atoms with Crippen LogP contribution in [0, 0.1) is 50.7 Å². The van der Waals surface area contributed by atoms with E-state index in [2.05, 4.69) is 47.6 Å². The molecule has 4 saturated carbocycles. The molecule has 0 aromatic heterocycles. The van der Waals surface area contributed by atoms with Crippen LogP contribution in [-0.2, 0) is 4.79 Å². The van der Waals surface area contributed by atoms with Crippen LogP contribution in [0.5, 0.6) is 0 Å². The number of carbonyl (C=O) groups is 1. The van der Waals surface area contributed by atoms with Crippen molar-refractivity contribution in [3.63, 3.8) is 0 Å². The molecule has 5 aliphatic rings. The Bertz CT molecular complexity index is 797. The van der Waals surface area contributed by atoms with Crippen molar-refractivity contribution >= 4 is 6.29 Å². The predicted octanol–water partition coefficient (Wildman–Crippen LogP) is 6.96. The van der Waals surface area contributed by atoms with E-state index in [-0.39, 0.29) is 16.9 Å². The predicted molar refractivity (Wildman–Crippen MR) is 126 cm³/mol. The fraction of sp³-hybridized carbons (Fsp3) is 0.897. The molecule has 2 nitrogen and oxygen atoms in total. The monoisotopic (exact) mass is 426 g/mol. The molecule has 9 atom stereocenters. The highest BCUT2D eigenvalue weighted by atomic mass is 16.3. The molecule has 0 amide bonds. The van der Waals surface area contributed by atoms with Gasteiger partial charge in [-0.3, -0.25) is 0 Å². The summed E-state index contributed by atoms with van der Waals surface area (Å²) in [4.78, 5) is 12.5. The van der Waals surface area contributed by atoms with Crippen molar-refractivity contribution in [1.29, 1.82) is 0 Å². The quantitative estimate of drug-likeness (QED) is 0.363. The molecule has 0 aromatic carbocycles. The zero-order valence-corrected chi connectivity index (χ0v) is 21.0. The molecule has 5 unspecified atom stereocenters. The minimum Gasteiger partial charge on any atom is -0.393 e. The van der Waals surface area contributed by atoms with Gasteiger partial charge in [0.1, 0.15) is 6.29 Å². The van der Waals surface area contributed by atoms with Crippen molar-refractivity contribution in [1.82, 2.24) is 0 Å². The second-order valence-electron chi connectivity index (χ2n) is 14.1. The standard InChI is InChI=1S/C29H46O2/c1-19-20-9-12-28(6)24(26(20,4)11-10-23(19)31)8-7-21-22-17-25(2,3)13-15-29(22,18-30)16-14-27(21,28)5/h7,18-20,22-24,31H,8-17H2,1-6H3/t19?,20-,22?,23-,24?,26?,27+,28?,29+/m0/s1. The van der Waals surface area contributed by atoms with Crippen molar-refractivity contribution in [2.75, 3.05) is 0 Å². The highest BCUT2D eigenvalue weighted by molar-refractivity contribution is 5.63. The van der Waals surface area contributed by atoms with Gasteiger partial charge in [-0.2, -0.15) is 0 Å². The molecule has 5 aliphatic carbocycles. The summed E-state index contributed by atoms with van der Waals surface area (Å²) in [5.74, 6) is 2.22. The van der Waals surface area contributed by atoms with E-state index in [0.29, 0.717) is 39.9 Å². The van der Waals surface area contributed by atoms with E-state index in [0.717, 1.165) is 19.3 Å². The lowest BCUT2D eigenvalue weighted by molar-refractivity contribution is -0.180. The van der Waals surface area contributed by atoms with Crippen LogP contribution in [0.4, 0.5) is 0 Å². The molecule has 5 rings (SSSR count). The van der Waals surface area contributed by atoms with Gasteiger partial charge >= 0.3 is 0 Å². The fourth-order valence-electron chi connectivity index (χ4n) is 10.1. The summed E-state index contributed by atoms with van der Waals surface area (Å²) in [6.07, 6.45) is 15.5. The molecule has 174 valence electrons. The van der Waals surface area contributed by atoms with Crippen molar-refractivity contribution < 1.29 is 9.90 Å². The van der Waals surface area contributed by atoms with Gasteiger partial charge in [0.2, 0.25) is 0 Å². The Morgan fingerprint density at radius 1 is 0.968 bits per heavy atom. The second kappa shape index (κ2) is 6.71. The first-order valence-electron chi connectivity index (χ1n) is 13.3. The van der Waals surface area contributed by atoms with E-state index in [1.165, 1.54) is 51.2 Å². The topological polar surface area (TPSA) is 37.3 Å². The summed E-state index contributed by atoms with van der Waals surface area (Å²) in [5, 5.41) is 10.6. The van der Waals surface area contributed by atoms with Gasteiger partial charge < -0.3 is 9.90 Å². The van der Waals surface area contributed by atoms with E-state index in [4.69, 9.17) is 0 Å². The third-order valence-electron chi connectivity index (χ3n) is 12.5. The SMILES string of the molecule is CC1[C@@H](O)CCC2(C)C3CC=C4C5CC(C)(C)CC[C@]5(C=O)CC[C@@]4(C)C3(C)CC[C@@H]12. The van der Waals surface area contributed by atoms with Crippen molar-refractivity contribution in [3.8, 4) is 0 Å². The van der Waals surface area contributed by atoms with E-state index >= 15 is 0 Å². The van der Waals surface area contributed by atoms with Crippen LogP contribution in [0.1, 0.15) is 106 Å². The van der Waals surface area contributed by atoms with E-state index in [1.54, 1.807) is 5.57 Å². The molecule has 0 aromatic rings. The van der Waals surface area contributed by atoms with Crippen LogP contribution < -0.4 is 0 Å². The lowest BCUT2D eigenvalue weighted by Crippen LogP contribution is -2.63. The highest BCUT2D eigenvalue weighted by Crippen LogP contribution is 2.74.